The molecule has 0 atom stereocenters. The molecule has 4 heteroatoms. The number of nitrogens with zero attached hydrogens (tertiary/aromatic N) is 2. The zero-order valence-corrected chi connectivity index (χ0v) is 6.38. The van der Waals surface area contributed by atoms with Crippen molar-refractivity contribution in [1.29, 1.82) is 0 Å². The highest BCUT2D eigenvalue weighted by atomic mass is 35.5. The van der Waals surface area contributed by atoms with Crippen molar-refractivity contribution in [2.24, 2.45) is 0 Å². The monoisotopic (exact) mass is 168 g/mol. The zero-order chi connectivity index (χ0) is 8.27. The summed E-state index contributed by atoms with van der Waals surface area (Å²) in [6.45, 7) is 0.152. The Morgan fingerprint density at radius 3 is 3.18 bits per heavy atom. The van der Waals surface area contributed by atoms with Crippen molar-refractivity contribution in [3.8, 4) is 12.3 Å². The predicted octanol–water partition coefficient (Wildman–Crippen LogP) is 0.530. The Kier molecular flexibility index (Phi) is 2.29. The number of terminal acetylenes is 1. The third-order valence-corrected chi connectivity index (χ3v) is 1.39. The number of rotatable bonds is 1. The van der Waals surface area contributed by atoms with Gasteiger partial charge in [0, 0.05) is 6.20 Å². The van der Waals surface area contributed by atoms with Gasteiger partial charge in [-0.15, -0.1) is 6.42 Å². The van der Waals surface area contributed by atoms with E-state index in [2.05, 4.69) is 11.0 Å². The highest BCUT2D eigenvalue weighted by Gasteiger charge is 1.97. The average Bonchev–Trinajstić information content (AvgIpc) is 1.99. The molecule has 0 aliphatic heterocycles. The van der Waals surface area contributed by atoms with Gasteiger partial charge in [-0.25, -0.2) is 4.68 Å². The van der Waals surface area contributed by atoms with E-state index in [0.29, 0.717) is 0 Å². The highest BCUT2D eigenvalue weighted by Crippen LogP contribution is 1.95. The molecule has 0 spiro atoms. The molecule has 0 unspecified atom stereocenters. The van der Waals surface area contributed by atoms with Crippen LogP contribution in [0.15, 0.2) is 17.1 Å². The lowest BCUT2D eigenvalue weighted by molar-refractivity contribution is 0.663. The fourth-order valence-corrected chi connectivity index (χ4v) is 0.779. The normalized spacial score (nSPS) is 9.09. The average molecular weight is 169 g/mol. The molecule has 0 radical (unpaired) electrons. The molecule has 1 aromatic heterocycles. The van der Waals surface area contributed by atoms with Gasteiger partial charge in [0.25, 0.3) is 5.56 Å². The second-order valence-electron chi connectivity index (χ2n) is 1.85. The summed E-state index contributed by atoms with van der Waals surface area (Å²) < 4.78 is 1.13. The molecule has 0 N–H and O–H groups in total. The van der Waals surface area contributed by atoms with Crippen LogP contribution in [0, 0.1) is 12.3 Å². The summed E-state index contributed by atoms with van der Waals surface area (Å²) in [5.41, 5.74) is -0.355. The molecule has 0 amide bonds. The molecule has 0 saturated carbocycles. The molecule has 1 rings (SSSR count). The van der Waals surface area contributed by atoms with Gasteiger partial charge in [0.1, 0.15) is 11.6 Å². The molecular weight excluding hydrogens is 164 g/mol. The van der Waals surface area contributed by atoms with Crippen LogP contribution in [0.1, 0.15) is 0 Å². The van der Waals surface area contributed by atoms with Crippen molar-refractivity contribution in [2.45, 2.75) is 6.54 Å². The first-order valence-corrected chi connectivity index (χ1v) is 3.28. The third kappa shape index (κ3) is 1.60. The van der Waals surface area contributed by atoms with Crippen LogP contribution >= 0.6 is 11.6 Å². The lowest BCUT2D eigenvalue weighted by atomic mass is 10.5. The van der Waals surface area contributed by atoms with Crippen LogP contribution in [-0.2, 0) is 6.54 Å². The van der Waals surface area contributed by atoms with Crippen molar-refractivity contribution in [3.05, 3.63) is 27.6 Å². The summed E-state index contributed by atoms with van der Waals surface area (Å²) in [6, 6.07) is 1.43. The van der Waals surface area contributed by atoms with Gasteiger partial charge < -0.3 is 0 Å². The molecule has 0 aromatic carbocycles. The van der Waals surface area contributed by atoms with Gasteiger partial charge in [-0.3, -0.25) is 4.79 Å². The molecule has 56 valence electrons. The topological polar surface area (TPSA) is 34.9 Å². The van der Waals surface area contributed by atoms with Gasteiger partial charge >= 0.3 is 0 Å². The minimum Gasteiger partial charge on any atom is -0.266 e. The van der Waals surface area contributed by atoms with Crippen LogP contribution in [-0.4, -0.2) is 9.78 Å². The van der Waals surface area contributed by atoms with E-state index < -0.39 is 0 Å². The summed E-state index contributed by atoms with van der Waals surface area (Å²) in [7, 11) is 0. The lowest BCUT2D eigenvalue weighted by Gasteiger charge is -1.96. The maximum absolute atomic E-state index is 11.0. The van der Waals surface area contributed by atoms with Crippen molar-refractivity contribution < 1.29 is 0 Å². The van der Waals surface area contributed by atoms with E-state index >= 15 is 0 Å². The number of halogens is 1. The Morgan fingerprint density at radius 1 is 1.82 bits per heavy atom. The summed E-state index contributed by atoms with van der Waals surface area (Å²) in [6.07, 6.45) is 6.42. The third-order valence-electron chi connectivity index (χ3n) is 1.11. The maximum Gasteiger partial charge on any atom is 0.286 e. The Bertz CT molecular complexity index is 350. The van der Waals surface area contributed by atoms with Crippen molar-refractivity contribution in [3.63, 3.8) is 0 Å². The van der Waals surface area contributed by atoms with Crippen molar-refractivity contribution in [2.75, 3.05) is 0 Å². The minimum atomic E-state index is -0.355. The van der Waals surface area contributed by atoms with Gasteiger partial charge in [0.2, 0.25) is 0 Å². The molecule has 1 aromatic rings. The Morgan fingerprint density at radius 2 is 2.55 bits per heavy atom. The van der Waals surface area contributed by atoms with Gasteiger partial charge in [0.15, 0.2) is 0 Å². The van der Waals surface area contributed by atoms with Crippen LogP contribution < -0.4 is 5.56 Å². The smallest absolute Gasteiger partial charge is 0.266 e. The fourth-order valence-electron chi connectivity index (χ4n) is 0.625. The second kappa shape index (κ2) is 3.22. The summed E-state index contributed by atoms with van der Waals surface area (Å²) >= 11 is 5.51. The van der Waals surface area contributed by atoms with Gasteiger partial charge in [-0.05, 0) is 6.07 Å². The summed E-state index contributed by atoms with van der Waals surface area (Å²) in [5, 5.41) is 3.84. The van der Waals surface area contributed by atoms with Gasteiger partial charge in [0.05, 0.1) is 0 Å². The number of hydrogen-bond donors (Lipinski definition) is 0. The number of hydrogen-bond acceptors (Lipinski definition) is 2. The first kappa shape index (κ1) is 7.83. The fraction of sp³-hybridized carbons (Fsp3) is 0.143. The van der Waals surface area contributed by atoms with E-state index in [0.717, 1.165) is 4.68 Å². The first-order chi connectivity index (χ1) is 5.25. The van der Waals surface area contributed by atoms with E-state index in [1.165, 1.54) is 12.3 Å². The summed E-state index contributed by atoms with van der Waals surface area (Å²) in [4.78, 5) is 11.0. The van der Waals surface area contributed by atoms with Crippen LogP contribution in [0.2, 0.25) is 5.02 Å². The molecule has 0 aliphatic carbocycles. The first-order valence-electron chi connectivity index (χ1n) is 2.91. The molecular formula is C7H5ClN2O. The lowest BCUT2D eigenvalue weighted by Crippen LogP contribution is -2.21. The Labute approximate surface area is 68.6 Å². The van der Waals surface area contributed by atoms with E-state index in [1.54, 1.807) is 0 Å². The quantitative estimate of drug-likeness (QED) is 0.574. The zero-order valence-electron chi connectivity index (χ0n) is 5.62. The predicted molar refractivity (Wildman–Crippen MR) is 42.3 cm³/mol. The molecule has 0 bridgehead atoms. The standard InChI is InChI=1S/C7H5ClN2O/c1-2-5-10-7(11)6(8)3-4-9-10/h1,3-4H,5H2. The summed E-state index contributed by atoms with van der Waals surface area (Å²) in [5.74, 6) is 2.29. The Balaban J connectivity index is 3.20. The molecule has 3 nitrogen and oxygen atoms in total. The van der Waals surface area contributed by atoms with Crippen LogP contribution in [0.3, 0.4) is 0 Å². The largest absolute Gasteiger partial charge is 0.286 e. The van der Waals surface area contributed by atoms with Crippen molar-refractivity contribution >= 4 is 11.6 Å². The molecule has 11 heavy (non-hydrogen) atoms. The van der Waals surface area contributed by atoms with Gasteiger partial charge in [-0.1, -0.05) is 17.5 Å². The Hall–Kier alpha value is -1.27. The van der Waals surface area contributed by atoms with Gasteiger partial charge in [-0.2, -0.15) is 5.10 Å². The SMILES string of the molecule is C#CCn1nccc(Cl)c1=O. The van der Waals surface area contributed by atoms with E-state index in [-0.39, 0.29) is 17.1 Å². The van der Waals surface area contributed by atoms with Crippen LogP contribution in [0.25, 0.3) is 0 Å². The van der Waals surface area contributed by atoms with Crippen molar-refractivity contribution in [1.82, 2.24) is 9.78 Å². The maximum atomic E-state index is 11.0. The molecule has 0 fully saturated rings. The van der Waals surface area contributed by atoms with E-state index in [4.69, 9.17) is 18.0 Å². The van der Waals surface area contributed by atoms with Crippen LogP contribution in [0.5, 0.6) is 0 Å². The van der Waals surface area contributed by atoms with Crippen LogP contribution in [0.4, 0.5) is 0 Å². The van der Waals surface area contributed by atoms with E-state index in [1.807, 2.05) is 0 Å². The number of aromatic nitrogens is 2. The minimum absolute atomic E-state index is 0.134. The molecule has 0 aliphatic rings. The highest BCUT2D eigenvalue weighted by molar-refractivity contribution is 6.30. The molecule has 1 heterocycles. The van der Waals surface area contributed by atoms with E-state index in [9.17, 15) is 4.79 Å². The second-order valence-corrected chi connectivity index (χ2v) is 2.25. The molecule has 0 saturated heterocycles.